The van der Waals surface area contributed by atoms with Gasteiger partial charge >= 0.3 is 0 Å². The zero-order chi connectivity index (χ0) is 23.3. The Labute approximate surface area is 193 Å². The Morgan fingerprint density at radius 3 is 2.22 bits per heavy atom. The molecule has 0 aliphatic heterocycles. The molecule has 7 nitrogen and oxygen atoms in total. The monoisotopic (exact) mass is 454 g/mol. The lowest BCUT2D eigenvalue weighted by Gasteiger charge is -2.18. The number of rotatable bonds is 10. The summed E-state index contributed by atoms with van der Waals surface area (Å²) in [5.74, 6) is 3.14. The second-order valence-electron chi connectivity index (χ2n) is 8.54. The van der Waals surface area contributed by atoms with Crippen LogP contribution in [0, 0.1) is 16.0 Å². The Morgan fingerprint density at radius 1 is 1.00 bits per heavy atom. The number of aromatic nitrogens is 3. The summed E-state index contributed by atoms with van der Waals surface area (Å²) in [5, 5.41) is 20.5. The Kier molecular flexibility index (Phi) is 7.90. The third kappa shape index (κ3) is 6.09. The van der Waals surface area contributed by atoms with Crippen molar-refractivity contribution in [1.29, 1.82) is 0 Å². The molecule has 1 atom stereocenters. The molecule has 3 rings (SSSR count). The number of thioether (sulfide) groups is 1. The maximum absolute atomic E-state index is 10.8. The summed E-state index contributed by atoms with van der Waals surface area (Å²) < 4.78 is 8.29. The van der Waals surface area contributed by atoms with Crippen LogP contribution in [-0.2, 0) is 12.3 Å². The van der Waals surface area contributed by atoms with Crippen LogP contribution in [0.25, 0.3) is 0 Å². The molecule has 1 unspecified atom stereocenters. The minimum absolute atomic E-state index is 0.0939. The van der Waals surface area contributed by atoms with Crippen molar-refractivity contribution >= 4 is 17.4 Å². The Balaban J connectivity index is 1.74. The van der Waals surface area contributed by atoms with Crippen LogP contribution < -0.4 is 4.74 Å². The van der Waals surface area contributed by atoms with Crippen LogP contribution in [0.15, 0.2) is 53.7 Å². The molecule has 1 heterocycles. The smallest absolute Gasteiger partial charge is 0.269 e. The molecule has 0 saturated heterocycles. The number of hydrogen-bond acceptors (Lipinski definition) is 6. The summed E-state index contributed by atoms with van der Waals surface area (Å²) in [6.07, 6.45) is -0.250. The molecule has 3 aromatic rings. The molecule has 0 bridgehead atoms. The number of benzene rings is 2. The molecule has 8 heteroatoms. The summed E-state index contributed by atoms with van der Waals surface area (Å²) in [4.78, 5) is 10.5. The van der Waals surface area contributed by atoms with E-state index in [1.165, 1.54) is 17.7 Å². The van der Waals surface area contributed by atoms with Crippen LogP contribution in [0.5, 0.6) is 5.75 Å². The minimum Gasteiger partial charge on any atom is -0.483 e. The largest absolute Gasteiger partial charge is 0.483 e. The van der Waals surface area contributed by atoms with E-state index in [2.05, 4.69) is 54.6 Å². The van der Waals surface area contributed by atoms with Crippen LogP contribution in [-0.4, -0.2) is 19.7 Å². The Hall–Kier alpha value is -2.87. The number of ether oxygens (including phenoxy) is 1. The van der Waals surface area contributed by atoms with E-state index in [0.717, 1.165) is 28.8 Å². The molecule has 0 aliphatic carbocycles. The molecule has 0 N–H and O–H groups in total. The SMILES string of the molecule is CC(C)Cn1c(SCc2ccc([N+](=O)[O-])cc2)nnc1C(C)Oc1ccc(C(C)C)cc1. The van der Waals surface area contributed by atoms with Crippen molar-refractivity contribution in [2.75, 3.05) is 0 Å². The van der Waals surface area contributed by atoms with Gasteiger partial charge in [-0.1, -0.05) is 63.7 Å². The number of non-ortho nitro benzene ring substituents is 1. The molecule has 0 radical (unpaired) electrons. The average Bonchev–Trinajstić information content (AvgIpc) is 3.14. The van der Waals surface area contributed by atoms with E-state index in [1.54, 1.807) is 23.9 Å². The fraction of sp³-hybridized carbons (Fsp3) is 0.417. The maximum atomic E-state index is 10.8. The van der Waals surface area contributed by atoms with Gasteiger partial charge in [-0.25, -0.2) is 0 Å². The highest BCUT2D eigenvalue weighted by Gasteiger charge is 2.20. The van der Waals surface area contributed by atoms with Gasteiger partial charge in [0, 0.05) is 24.4 Å². The third-order valence-electron chi connectivity index (χ3n) is 5.03. The zero-order valence-corrected chi connectivity index (χ0v) is 20.0. The predicted molar refractivity (Wildman–Crippen MR) is 127 cm³/mol. The first kappa shape index (κ1) is 23.8. The number of nitrogens with zero attached hydrogens (tertiary/aromatic N) is 4. The lowest BCUT2D eigenvalue weighted by molar-refractivity contribution is -0.384. The molecule has 0 spiro atoms. The lowest BCUT2D eigenvalue weighted by Crippen LogP contribution is -2.15. The fourth-order valence-corrected chi connectivity index (χ4v) is 4.20. The number of nitro groups is 1. The van der Waals surface area contributed by atoms with E-state index in [4.69, 9.17) is 4.74 Å². The highest BCUT2D eigenvalue weighted by molar-refractivity contribution is 7.98. The van der Waals surface area contributed by atoms with Gasteiger partial charge in [-0.15, -0.1) is 10.2 Å². The predicted octanol–water partition coefficient (Wildman–Crippen LogP) is 6.40. The topological polar surface area (TPSA) is 83.1 Å². The number of nitro benzene ring substituents is 1. The normalized spacial score (nSPS) is 12.3. The van der Waals surface area contributed by atoms with Crippen LogP contribution in [0.1, 0.15) is 63.6 Å². The molecule has 2 aromatic carbocycles. The standard InChI is InChI=1S/C24H30N4O3S/c1-16(2)14-27-23(18(5)31-22-12-8-20(9-13-22)17(3)4)25-26-24(27)32-15-19-6-10-21(11-7-19)28(29)30/h6-13,16-18H,14-15H2,1-5H3. The first-order valence-electron chi connectivity index (χ1n) is 10.8. The molecule has 1 aromatic heterocycles. The van der Waals surface area contributed by atoms with Gasteiger partial charge < -0.3 is 9.30 Å². The summed E-state index contributed by atoms with van der Waals surface area (Å²) in [5.41, 5.74) is 2.37. The van der Waals surface area contributed by atoms with Crippen molar-refractivity contribution in [1.82, 2.24) is 14.8 Å². The van der Waals surface area contributed by atoms with Crippen molar-refractivity contribution in [3.8, 4) is 5.75 Å². The Bertz CT molecular complexity index is 1030. The maximum Gasteiger partial charge on any atom is 0.269 e. The van der Waals surface area contributed by atoms with Crippen LogP contribution in [0.2, 0.25) is 0 Å². The minimum atomic E-state index is -0.389. The van der Waals surface area contributed by atoms with Crippen molar-refractivity contribution in [2.24, 2.45) is 5.92 Å². The van der Waals surface area contributed by atoms with Gasteiger partial charge in [-0.2, -0.15) is 0 Å². The third-order valence-corrected chi connectivity index (χ3v) is 6.07. The Morgan fingerprint density at radius 2 is 1.66 bits per heavy atom. The highest BCUT2D eigenvalue weighted by atomic mass is 32.2. The molecular formula is C24H30N4O3S. The summed E-state index contributed by atoms with van der Waals surface area (Å²) in [7, 11) is 0. The molecule has 0 aliphatic rings. The second kappa shape index (κ2) is 10.6. The van der Waals surface area contributed by atoms with Gasteiger partial charge in [0.05, 0.1) is 4.92 Å². The second-order valence-corrected chi connectivity index (χ2v) is 9.48. The molecule has 0 amide bonds. The van der Waals surface area contributed by atoms with Gasteiger partial charge in [0.25, 0.3) is 5.69 Å². The van der Waals surface area contributed by atoms with E-state index < -0.39 is 0 Å². The van der Waals surface area contributed by atoms with E-state index >= 15 is 0 Å². The molecule has 32 heavy (non-hydrogen) atoms. The van der Waals surface area contributed by atoms with Gasteiger partial charge in [-0.05, 0) is 42.0 Å². The van der Waals surface area contributed by atoms with Crippen LogP contribution in [0.4, 0.5) is 5.69 Å². The number of hydrogen-bond donors (Lipinski definition) is 0. The van der Waals surface area contributed by atoms with E-state index in [0.29, 0.717) is 17.6 Å². The van der Waals surface area contributed by atoms with Crippen molar-refractivity contribution in [3.63, 3.8) is 0 Å². The van der Waals surface area contributed by atoms with Gasteiger partial charge in [-0.3, -0.25) is 10.1 Å². The summed E-state index contributed by atoms with van der Waals surface area (Å²) in [6, 6.07) is 14.8. The van der Waals surface area contributed by atoms with E-state index in [-0.39, 0.29) is 16.7 Å². The van der Waals surface area contributed by atoms with E-state index in [9.17, 15) is 10.1 Å². The molecule has 170 valence electrons. The van der Waals surface area contributed by atoms with Crippen molar-refractivity contribution in [2.45, 2.75) is 64.1 Å². The molecular weight excluding hydrogens is 424 g/mol. The average molecular weight is 455 g/mol. The first-order chi connectivity index (χ1) is 15.2. The fourth-order valence-electron chi connectivity index (χ4n) is 3.29. The quantitative estimate of drug-likeness (QED) is 0.200. The van der Waals surface area contributed by atoms with Crippen molar-refractivity contribution < 1.29 is 9.66 Å². The zero-order valence-electron chi connectivity index (χ0n) is 19.2. The first-order valence-corrected chi connectivity index (χ1v) is 11.8. The van der Waals surface area contributed by atoms with Gasteiger partial charge in [0.2, 0.25) is 0 Å². The molecule has 0 saturated carbocycles. The van der Waals surface area contributed by atoms with Crippen molar-refractivity contribution in [3.05, 3.63) is 75.6 Å². The van der Waals surface area contributed by atoms with Crippen LogP contribution in [0.3, 0.4) is 0 Å². The van der Waals surface area contributed by atoms with E-state index in [1.807, 2.05) is 19.1 Å². The highest BCUT2D eigenvalue weighted by Crippen LogP contribution is 2.28. The van der Waals surface area contributed by atoms with Gasteiger partial charge in [0.1, 0.15) is 5.75 Å². The van der Waals surface area contributed by atoms with Crippen LogP contribution >= 0.6 is 11.8 Å². The summed E-state index contributed by atoms with van der Waals surface area (Å²) in [6.45, 7) is 11.4. The molecule has 0 fully saturated rings. The van der Waals surface area contributed by atoms with Gasteiger partial charge in [0.15, 0.2) is 17.1 Å². The lowest BCUT2D eigenvalue weighted by atomic mass is 10.0. The summed E-state index contributed by atoms with van der Waals surface area (Å²) >= 11 is 1.57.